The van der Waals surface area contributed by atoms with Crippen LogP contribution in [0.2, 0.25) is 0 Å². The molecule has 2 N–H and O–H groups in total. The van der Waals surface area contributed by atoms with Crippen molar-refractivity contribution in [2.75, 3.05) is 0 Å². The fraction of sp³-hybridized carbons (Fsp3) is 0.526. The average molecular weight is 280 g/mol. The predicted molar refractivity (Wildman–Crippen MR) is 87.0 cm³/mol. The highest BCUT2D eigenvalue weighted by atomic mass is 14.7. The minimum absolute atomic E-state index is 0.267. The summed E-state index contributed by atoms with van der Waals surface area (Å²) in [5.41, 5.74) is 8.65. The highest BCUT2D eigenvalue weighted by Gasteiger charge is 2.39. The lowest BCUT2D eigenvalue weighted by Gasteiger charge is -2.24. The van der Waals surface area contributed by atoms with Gasteiger partial charge in [-0.3, -0.25) is 4.98 Å². The summed E-state index contributed by atoms with van der Waals surface area (Å²) < 4.78 is 0. The lowest BCUT2D eigenvalue weighted by Crippen LogP contribution is -2.28. The summed E-state index contributed by atoms with van der Waals surface area (Å²) in [6, 6.07) is 12.9. The Morgan fingerprint density at radius 1 is 1.10 bits per heavy atom. The lowest BCUT2D eigenvalue weighted by molar-refractivity contribution is 0.293. The summed E-state index contributed by atoms with van der Waals surface area (Å²) in [4.78, 5) is 4.76. The van der Waals surface area contributed by atoms with Gasteiger partial charge in [-0.2, -0.15) is 0 Å². The van der Waals surface area contributed by atoms with Crippen LogP contribution in [0, 0.1) is 17.8 Å². The molecule has 2 aromatic rings. The molecule has 1 aromatic carbocycles. The average Bonchev–Trinajstić information content (AvgIpc) is 3.09. The van der Waals surface area contributed by atoms with Gasteiger partial charge in [0.05, 0.1) is 5.52 Å². The Balaban J connectivity index is 1.42. The third-order valence-electron chi connectivity index (χ3n) is 5.62. The van der Waals surface area contributed by atoms with Crippen molar-refractivity contribution in [2.24, 2.45) is 23.5 Å². The fourth-order valence-electron chi connectivity index (χ4n) is 4.63. The summed E-state index contributed by atoms with van der Waals surface area (Å²) >= 11 is 0. The number of benzene rings is 1. The van der Waals surface area contributed by atoms with E-state index in [2.05, 4.69) is 30.3 Å². The molecule has 2 nitrogen and oxygen atoms in total. The maximum atomic E-state index is 6.42. The molecule has 0 saturated heterocycles. The Kier molecular flexibility index (Phi) is 3.42. The van der Waals surface area contributed by atoms with Gasteiger partial charge in [-0.05, 0) is 55.6 Å². The number of hydrogen-bond acceptors (Lipinski definition) is 2. The van der Waals surface area contributed by atoms with Gasteiger partial charge in [0.2, 0.25) is 0 Å². The van der Waals surface area contributed by atoms with Gasteiger partial charge in [-0.15, -0.1) is 0 Å². The Labute approximate surface area is 126 Å². The number of nitrogens with zero attached hydrogens (tertiary/aromatic N) is 1. The molecule has 110 valence electrons. The van der Waals surface area contributed by atoms with Gasteiger partial charge in [-0.25, -0.2) is 0 Å². The van der Waals surface area contributed by atoms with Gasteiger partial charge in [0.15, 0.2) is 0 Å². The zero-order valence-corrected chi connectivity index (χ0v) is 12.5. The monoisotopic (exact) mass is 280 g/mol. The molecule has 0 aliphatic heterocycles. The molecule has 2 fully saturated rings. The molecule has 0 amide bonds. The molecule has 21 heavy (non-hydrogen) atoms. The maximum absolute atomic E-state index is 6.42. The van der Waals surface area contributed by atoms with Gasteiger partial charge < -0.3 is 5.73 Å². The molecule has 4 unspecified atom stereocenters. The highest BCUT2D eigenvalue weighted by Crippen LogP contribution is 2.49. The van der Waals surface area contributed by atoms with Crippen LogP contribution in [0.3, 0.4) is 0 Å². The lowest BCUT2D eigenvalue weighted by atomic mass is 9.83. The van der Waals surface area contributed by atoms with Crippen molar-refractivity contribution in [3.63, 3.8) is 0 Å². The molecular weight excluding hydrogens is 256 g/mol. The molecular formula is C19H24N2. The van der Waals surface area contributed by atoms with E-state index in [0.29, 0.717) is 0 Å². The van der Waals surface area contributed by atoms with E-state index in [0.717, 1.165) is 35.4 Å². The molecule has 1 aromatic heterocycles. The second kappa shape index (κ2) is 5.42. The van der Waals surface area contributed by atoms with Crippen molar-refractivity contribution in [1.82, 2.24) is 4.98 Å². The van der Waals surface area contributed by atoms with Crippen LogP contribution in [0.5, 0.6) is 0 Å². The van der Waals surface area contributed by atoms with E-state index in [4.69, 9.17) is 10.7 Å². The molecule has 2 bridgehead atoms. The molecule has 4 rings (SSSR count). The smallest absolute Gasteiger partial charge is 0.0705 e. The van der Waals surface area contributed by atoms with Crippen LogP contribution >= 0.6 is 0 Å². The number of nitrogens with two attached hydrogens (primary N) is 1. The Morgan fingerprint density at radius 3 is 2.81 bits per heavy atom. The third-order valence-corrected chi connectivity index (χ3v) is 5.62. The second-order valence-electron chi connectivity index (χ2n) is 7.13. The quantitative estimate of drug-likeness (QED) is 0.921. The molecule has 0 radical (unpaired) electrons. The second-order valence-corrected chi connectivity index (χ2v) is 7.13. The van der Waals surface area contributed by atoms with Gasteiger partial charge in [0.25, 0.3) is 0 Å². The van der Waals surface area contributed by atoms with Gasteiger partial charge >= 0.3 is 0 Å². The zero-order chi connectivity index (χ0) is 14.2. The number of rotatable bonds is 4. The predicted octanol–water partition coefficient (Wildman–Crippen LogP) is 3.93. The van der Waals surface area contributed by atoms with Crippen LogP contribution in [0.1, 0.15) is 37.8 Å². The number of hydrogen-bond donors (Lipinski definition) is 1. The fourth-order valence-corrected chi connectivity index (χ4v) is 4.63. The van der Waals surface area contributed by atoms with Crippen molar-refractivity contribution in [3.05, 3.63) is 42.1 Å². The molecule has 4 atom stereocenters. The van der Waals surface area contributed by atoms with Crippen molar-refractivity contribution in [3.8, 4) is 0 Å². The van der Waals surface area contributed by atoms with E-state index in [1.54, 1.807) is 0 Å². The summed E-state index contributed by atoms with van der Waals surface area (Å²) in [6.45, 7) is 0. The van der Waals surface area contributed by atoms with E-state index in [1.165, 1.54) is 37.5 Å². The van der Waals surface area contributed by atoms with Crippen LogP contribution in [-0.2, 0) is 6.42 Å². The number of aromatic nitrogens is 1. The SMILES string of the molecule is NC(Cc1ccc2ccccc2n1)CC1CC2CCC1C2. The van der Waals surface area contributed by atoms with Crippen molar-refractivity contribution >= 4 is 10.9 Å². The van der Waals surface area contributed by atoms with Crippen LogP contribution in [0.15, 0.2) is 36.4 Å². The molecule has 2 aliphatic rings. The molecule has 2 saturated carbocycles. The minimum Gasteiger partial charge on any atom is -0.327 e. The normalized spacial score (nSPS) is 29.1. The van der Waals surface area contributed by atoms with Crippen LogP contribution < -0.4 is 5.73 Å². The van der Waals surface area contributed by atoms with E-state index in [1.807, 2.05) is 6.07 Å². The summed E-state index contributed by atoms with van der Waals surface area (Å²) in [5.74, 6) is 2.89. The van der Waals surface area contributed by atoms with Gasteiger partial charge in [-0.1, -0.05) is 30.7 Å². The van der Waals surface area contributed by atoms with Crippen molar-refractivity contribution < 1.29 is 0 Å². The van der Waals surface area contributed by atoms with E-state index < -0.39 is 0 Å². The first-order valence-electron chi connectivity index (χ1n) is 8.38. The standard InChI is InChI=1S/C19H24N2/c20-17(11-16-10-13-5-6-15(16)9-13)12-18-8-7-14-3-1-2-4-19(14)21-18/h1-4,7-8,13,15-17H,5-6,9-12,20H2. The van der Waals surface area contributed by atoms with Crippen molar-refractivity contribution in [2.45, 2.75) is 44.6 Å². The summed E-state index contributed by atoms with van der Waals surface area (Å²) in [7, 11) is 0. The minimum atomic E-state index is 0.267. The Morgan fingerprint density at radius 2 is 2.00 bits per heavy atom. The number of para-hydroxylation sites is 1. The first kappa shape index (κ1) is 13.3. The van der Waals surface area contributed by atoms with Crippen molar-refractivity contribution in [1.29, 1.82) is 0 Å². The summed E-state index contributed by atoms with van der Waals surface area (Å²) in [5, 5.41) is 1.21. The van der Waals surface area contributed by atoms with Gasteiger partial charge in [0.1, 0.15) is 0 Å². The largest absolute Gasteiger partial charge is 0.327 e. The van der Waals surface area contributed by atoms with Crippen LogP contribution in [0.25, 0.3) is 10.9 Å². The number of pyridine rings is 1. The molecule has 2 heteroatoms. The molecule has 1 heterocycles. The topological polar surface area (TPSA) is 38.9 Å². The number of fused-ring (bicyclic) bond motifs is 3. The van der Waals surface area contributed by atoms with Crippen LogP contribution in [-0.4, -0.2) is 11.0 Å². The van der Waals surface area contributed by atoms with Gasteiger partial charge in [0, 0.05) is 23.5 Å². The Hall–Kier alpha value is -1.41. The first-order chi connectivity index (χ1) is 10.3. The maximum Gasteiger partial charge on any atom is 0.0705 e. The first-order valence-corrected chi connectivity index (χ1v) is 8.38. The zero-order valence-electron chi connectivity index (χ0n) is 12.5. The third kappa shape index (κ3) is 2.69. The van der Waals surface area contributed by atoms with Crippen LogP contribution in [0.4, 0.5) is 0 Å². The molecule has 2 aliphatic carbocycles. The Bertz CT molecular complexity index is 636. The molecule has 0 spiro atoms. The van der Waals surface area contributed by atoms with E-state index in [-0.39, 0.29) is 6.04 Å². The highest BCUT2D eigenvalue weighted by molar-refractivity contribution is 5.78. The summed E-state index contributed by atoms with van der Waals surface area (Å²) in [6.07, 6.45) is 7.95. The van der Waals surface area contributed by atoms with E-state index in [9.17, 15) is 0 Å². The van der Waals surface area contributed by atoms with E-state index >= 15 is 0 Å².